The van der Waals surface area contributed by atoms with Crippen LogP contribution >= 0.6 is 0 Å². The van der Waals surface area contributed by atoms with Crippen molar-refractivity contribution in [3.8, 4) is 11.5 Å². The van der Waals surface area contributed by atoms with E-state index in [1.807, 2.05) is 12.1 Å². The molecule has 1 N–H and O–H groups in total. The molecule has 0 aliphatic heterocycles. The van der Waals surface area contributed by atoms with Gasteiger partial charge in [0, 0.05) is 11.6 Å². The number of phenols is 1. The Kier molecular flexibility index (Phi) is 2.95. The molecule has 0 aromatic heterocycles. The summed E-state index contributed by atoms with van der Waals surface area (Å²) in [5, 5.41) is 9.85. The molecule has 1 aliphatic rings. The van der Waals surface area contributed by atoms with E-state index in [9.17, 15) is 5.11 Å². The van der Waals surface area contributed by atoms with Gasteiger partial charge in [0.05, 0.1) is 7.11 Å². The molecule has 0 saturated heterocycles. The largest absolute Gasteiger partial charge is 0.507 e. The van der Waals surface area contributed by atoms with Crippen molar-refractivity contribution in [2.24, 2.45) is 0 Å². The SMILES string of the molecule is COc1ccc(C2=CCCCC2)c(O)c1. The maximum atomic E-state index is 9.85. The van der Waals surface area contributed by atoms with E-state index in [2.05, 4.69) is 6.08 Å². The molecule has 1 aromatic carbocycles. The monoisotopic (exact) mass is 204 g/mol. The molecule has 2 rings (SSSR count). The van der Waals surface area contributed by atoms with E-state index in [1.165, 1.54) is 18.4 Å². The molecule has 0 saturated carbocycles. The van der Waals surface area contributed by atoms with Crippen LogP contribution in [0.2, 0.25) is 0 Å². The first-order chi connectivity index (χ1) is 7.31. The molecule has 0 spiro atoms. The van der Waals surface area contributed by atoms with Gasteiger partial charge in [-0.2, -0.15) is 0 Å². The fraction of sp³-hybridized carbons (Fsp3) is 0.385. The Bertz CT molecular complexity index is 380. The summed E-state index contributed by atoms with van der Waals surface area (Å²) < 4.78 is 5.06. The lowest BCUT2D eigenvalue weighted by Crippen LogP contribution is -1.93. The van der Waals surface area contributed by atoms with E-state index in [0.717, 1.165) is 18.4 Å². The second-order valence-corrected chi connectivity index (χ2v) is 3.86. The zero-order valence-corrected chi connectivity index (χ0v) is 8.99. The van der Waals surface area contributed by atoms with Crippen molar-refractivity contribution in [2.75, 3.05) is 7.11 Å². The van der Waals surface area contributed by atoms with Crippen LogP contribution in [-0.4, -0.2) is 12.2 Å². The lowest BCUT2D eigenvalue weighted by molar-refractivity contribution is 0.407. The fourth-order valence-corrected chi connectivity index (χ4v) is 1.99. The van der Waals surface area contributed by atoms with Crippen LogP contribution < -0.4 is 4.74 Å². The molecule has 2 heteroatoms. The molecule has 0 atom stereocenters. The Morgan fingerprint density at radius 3 is 2.73 bits per heavy atom. The second kappa shape index (κ2) is 4.39. The van der Waals surface area contributed by atoms with Crippen molar-refractivity contribution in [2.45, 2.75) is 25.7 Å². The van der Waals surface area contributed by atoms with Gasteiger partial charge in [-0.25, -0.2) is 0 Å². The Balaban J connectivity index is 2.32. The smallest absolute Gasteiger partial charge is 0.126 e. The van der Waals surface area contributed by atoms with Crippen LogP contribution in [0.25, 0.3) is 5.57 Å². The number of hydrogen-bond acceptors (Lipinski definition) is 2. The number of allylic oxidation sites excluding steroid dienone is 2. The van der Waals surface area contributed by atoms with E-state index in [1.54, 1.807) is 13.2 Å². The topological polar surface area (TPSA) is 29.5 Å². The number of ether oxygens (including phenoxy) is 1. The van der Waals surface area contributed by atoms with Crippen LogP contribution in [0.4, 0.5) is 0 Å². The van der Waals surface area contributed by atoms with Crippen LogP contribution in [0.1, 0.15) is 31.2 Å². The highest BCUT2D eigenvalue weighted by Crippen LogP contribution is 2.34. The van der Waals surface area contributed by atoms with Crippen molar-refractivity contribution in [1.29, 1.82) is 0 Å². The minimum absolute atomic E-state index is 0.322. The Hall–Kier alpha value is -1.44. The predicted molar refractivity (Wildman–Crippen MR) is 61.1 cm³/mol. The molecule has 0 fully saturated rings. The highest BCUT2D eigenvalue weighted by Gasteiger charge is 2.10. The Morgan fingerprint density at radius 2 is 2.13 bits per heavy atom. The minimum Gasteiger partial charge on any atom is -0.507 e. The highest BCUT2D eigenvalue weighted by atomic mass is 16.5. The van der Waals surface area contributed by atoms with E-state index < -0.39 is 0 Å². The first-order valence-electron chi connectivity index (χ1n) is 5.37. The van der Waals surface area contributed by atoms with Crippen LogP contribution in [0.15, 0.2) is 24.3 Å². The number of methoxy groups -OCH3 is 1. The van der Waals surface area contributed by atoms with Gasteiger partial charge >= 0.3 is 0 Å². The van der Waals surface area contributed by atoms with Crippen molar-refractivity contribution in [3.05, 3.63) is 29.8 Å². The molecule has 0 radical (unpaired) electrons. The van der Waals surface area contributed by atoms with Crippen LogP contribution in [-0.2, 0) is 0 Å². The molecule has 80 valence electrons. The van der Waals surface area contributed by atoms with Crippen LogP contribution in [0.3, 0.4) is 0 Å². The average Bonchev–Trinajstić information content (AvgIpc) is 2.30. The standard InChI is InChI=1S/C13H16O2/c1-15-11-7-8-12(13(14)9-11)10-5-3-2-4-6-10/h5,7-9,14H,2-4,6H2,1H3. The molecular formula is C13H16O2. The van der Waals surface area contributed by atoms with E-state index in [-0.39, 0.29) is 0 Å². The first kappa shape index (κ1) is 10.1. The normalized spacial score (nSPS) is 15.9. The number of aromatic hydroxyl groups is 1. The number of rotatable bonds is 2. The fourth-order valence-electron chi connectivity index (χ4n) is 1.99. The van der Waals surface area contributed by atoms with Gasteiger partial charge < -0.3 is 9.84 Å². The van der Waals surface area contributed by atoms with Gasteiger partial charge in [0.2, 0.25) is 0 Å². The van der Waals surface area contributed by atoms with Crippen molar-refractivity contribution in [1.82, 2.24) is 0 Å². The summed E-state index contributed by atoms with van der Waals surface area (Å²) in [7, 11) is 1.61. The quantitative estimate of drug-likeness (QED) is 0.800. The van der Waals surface area contributed by atoms with E-state index in [0.29, 0.717) is 11.5 Å². The Labute approximate surface area is 90.2 Å². The van der Waals surface area contributed by atoms with Gasteiger partial charge in [0.25, 0.3) is 0 Å². The third-order valence-corrected chi connectivity index (χ3v) is 2.84. The average molecular weight is 204 g/mol. The summed E-state index contributed by atoms with van der Waals surface area (Å²) in [6, 6.07) is 5.50. The third-order valence-electron chi connectivity index (χ3n) is 2.84. The van der Waals surface area contributed by atoms with Gasteiger partial charge in [-0.3, -0.25) is 0 Å². The Morgan fingerprint density at radius 1 is 1.27 bits per heavy atom. The minimum atomic E-state index is 0.322. The molecule has 0 heterocycles. The van der Waals surface area contributed by atoms with E-state index in [4.69, 9.17) is 4.74 Å². The molecule has 15 heavy (non-hydrogen) atoms. The lowest BCUT2D eigenvalue weighted by atomic mass is 9.93. The molecule has 0 amide bonds. The summed E-state index contributed by atoms with van der Waals surface area (Å²) in [4.78, 5) is 0. The molecule has 2 nitrogen and oxygen atoms in total. The van der Waals surface area contributed by atoms with Crippen LogP contribution in [0.5, 0.6) is 11.5 Å². The number of benzene rings is 1. The van der Waals surface area contributed by atoms with Crippen molar-refractivity contribution >= 4 is 5.57 Å². The maximum Gasteiger partial charge on any atom is 0.126 e. The van der Waals surface area contributed by atoms with E-state index >= 15 is 0 Å². The molecule has 1 aromatic rings. The van der Waals surface area contributed by atoms with Gasteiger partial charge in [-0.05, 0) is 43.4 Å². The lowest BCUT2D eigenvalue weighted by Gasteiger charge is -2.14. The molecule has 1 aliphatic carbocycles. The summed E-state index contributed by atoms with van der Waals surface area (Å²) in [6.45, 7) is 0. The maximum absolute atomic E-state index is 9.85. The second-order valence-electron chi connectivity index (χ2n) is 3.86. The number of phenolic OH excluding ortho intramolecular Hbond substituents is 1. The number of hydrogen-bond donors (Lipinski definition) is 1. The molecule has 0 unspecified atom stereocenters. The van der Waals surface area contributed by atoms with Crippen LogP contribution in [0, 0.1) is 0 Å². The molecule has 0 bridgehead atoms. The van der Waals surface area contributed by atoms with Gasteiger partial charge in [0.1, 0.15) is 11.5 Å². The van der Waals surface area contributed by atoms with Gasteiger partial charge in [-0.1, -0.05) is 6.08 Å². The third kappa shape index (κ3) is 2.14. The summed E-state index contributed by atoms with van der Waals surface area (Å²) in [5.41, 5.74) is 2.22. The molecular weight excluding hydrogens is 188 g/mol. The predicted octanol–water partition coefficient (Wildman–Crippen LogP) is 3.36. The van der Waals surface area contributed by atoms with Crippen molar-refractivity contribution < 1.29 is 9.84 Å². The van der Waals surface area contributed by atoms with Crippen molar-refractivity contribution in [3.63, 3.8) is 0 Å². The zero-order valence-electron chi connectivity index (χ0n) is 8.99. The van der Waals surface area contributed by atoms with Gasteiger partial charge in [0.15, 0.2) is 0 Å². The first-order valence-corrected chi connectivity index (χ1v) is 5.37. The highest BCUT2D eigenvalue weighted by molar-refractivity contribution is 5.71. The van der Waals surface area contributed by atoms with Gasteiger partial charge in [-0.15, -0.1) is 0 Å². The zero-order chi connectivity index (χ0) is 10.7. The summed E-state index contributed by atoms with van der Waals surface area (Å²) >= 11 is 0. The summed E-state index contributed by atoms with van der Waals surface area (Å²) in [5.74, 6) is 1.02. The summed E-state index contributed by atoms with van der Waals surface area (Å²) in [6.07, 6.45) is 6.91.